The Morgan fingerprint density at radius 1 is 0.941 bits per heavy atom. The molecule has 0 saturated carbocycles. The lowest BCUT2D eigenvalue weighted by molar-refractivity contribution is -0.131. The number of anilines is 1. The number of ether oxygens (including phenoxy) is 1. The number of hydrogen-bond donors (Lipinski definition) is 1. The first-order valence-corrected chi connectivity index (χ1v) is 12.4. The summed E-state index contributed by atoms with van der Waals surface area (Å²) in [6, 6.07) is 3.91. The number of hydrogen-bond acceptors (Lipinski definition) is 7. The normalized spacial score (nSPS) is 20.6. The molecular formula is C18H27B8N5O2S. The second kappa shape index (κ2) is 8.35. The Labute approximate surface area is 212 Å². The summed E-state index contributed by atoms with van der Waals surface area (Å²) in [5, 5.41) is 4.29. The molecule has 0 unspecified atom stereocenters. The van der Waals surface area contributed by atoms with Crippen LogP contribution in [0.1, 0.15) is 5.01 Å². The van der Waals surface area contributed by atoms with E-state index in [1.54, 1.807) is 23.7 Å². The molecule has 0 aromatic carbocycles. The zero-order valence-corrected chi connectivity index (χ0v) is 22.4. The number of aromatic nitrogens is 3. The second-order valence-electron chi connectivity index (χ2n) is 11.1. The summed E-state index contributed by atoms with van der Waals surface area (Å²) in [6.45, 7) is 2.21. The van der Waals surface area contributed by atoms with E-state index in [2.05, 4.69) is 87.9 Å². The summed E-state index contributed by atoms with van der Waals surface area (Å²) in [7, 11) is 16.9. The van der Waals surface area contributed by atoms with E-state index >= 15 is 0 Å². The number of morpholine rings is 1. The summed E-state index contributed by atoms with van der Waals surface area (Å²) in [4.78, 5) is 29.8. The van der Waals surface area contributed by atoms with Crippen molar-refractivity contribution < 1.29 is 9.53 Å². The molecule has 1 saturated heterocycles. The van der Waals surface area contributed by atoms with Crippen LogP contribution in [-0.2, 0) is 9.53 Å². The van der Waals surface area contributed by atoms with Crippen LogP contribution in [0.4, 0.5) is 5.82 Å². The van der Waals surface area contributed by atoms with Crippen molar-refractivity contribution >= 4 is 96.6 Å². The van der Waals surface area contributed by atoms with Gasteiger partial charge in [-0.15, -0.1) is 11.3 Å². The van der Waals surface area contributed by atoms with Gasteiger partial charge in [-0.25, -0.2) is 9.97 Å². The fourth-order valence-corrected chi connectivity index (χ4v) is 5.42. The topological polar surface area (TPSA) is 80.2 Å². The number of carbonyl (C=O) groups is 1. The maximum absolute atomic E-state index is 13.3. The molecule has 0 atom stereocenters. The van der Waals surface area contributed by atoms with Crippen LogP contribution in [0.25, 0.3) is 21.3 Å². The molecule has 4 heterocycles. The SMILES string of the molecule is BC1(B)OC(B)(B)C(B)(B)N(CC(=O)Nc2cc3cc(-c4cnc(C)s4)ncc3cn2)C1(B)B. The van der Waals surface area contributed by atoms with E-state index in [1.807, 2.05) is 25.3 Å². The highest BCUT2D eigenvalue weighted by molar-refractivity contribution is 7.15. The molecule has 4 rings (SSSR count). The van der Waals surface area contributed by atoms with E-state index < -0.39 is 10.8 Å². The Kier molecular flexibility index (Phi) is 6.19. The standard InChI is InChI=1S/C18H27B8N5O2S/c1-8-27-6-12(34-8)11-2-9-3-13(29-5-10(9)4-28-11)30-14(32)7-31-15(19,20)17(23,24)33-18(25,26)16(31,21)22/h2-6H,7,19-26H2,1H3,(H,29,30,32). The van der Waals surface area contributed by atoms with Crippen molar-refractivity contribution in [2.45, 2.75) is 28.4 Å². The average Bonchev–Trinajstić information content (AvgIpc) is 3.16. The highest BCUT2D eigenvalue weighted by Crippen LogP contribution is 2.39. The van der Waals surface area contributed by atoms with Gasteiger partial charge < -0.3 is 15.0 Å². The van der Waals surface area contributed by atoms with Crippen molar-refractivity contribution in [1.82, 2.24) is 19.9 Å². The molecule has 3 aromatic heterocycles. The number of thiazole rings is 1. The Morgan fingerprint density at radius 2 is 1.56 bits per heavy atom. The van der Waals surface area contributed by atoms with Gasteiger partial charge in [-0.2, -0.15) is 0 Å². The van der Waals surface area contributed by atoms with Gasteiger partial charge in [0.1, 0.15) is 68.6 Å². The highest BCUT2D eigenvalue weighted by atomic mass is 32.1. The van der Waals surface area contributed by atoms with Gasteiger partial charge in [0.2, 0.25) is 5.91 Å². The summed E-state index contributed by atoms with van der Waals surface area (Å²) in [6.07, 6.45) is 5.39. The summed E-state index contributed by atoms with van der Waals surface area (Å²) in [5.41, 5.74) is 0.864. The molecule has 1 amide bonds. The molecule has 0 aliphatic carbocycles. The molecule has 3 aromatic rings. The fourth-order valence-electron chi connectivity index (χ4n) is 4.68. The number of nitrogens with one attached hydrogen (secondary N) is 1. The summed E-state index contributed by atoms with van der Waals surface area (Å²) < 4.78 is 6.52. The van der Waals surface area contributed by atoms with Gasteiger partial charge in [0.15, 0.2) is 0 Å². The maximum atomic E-state index is 13.3. The number of rotatable bonds is 4. The van der Waals surface area contributed by atoms with Crippen molar-refractivity contribution in [3.63, 3.8) is 0 Å². The van der Waals surface area contributed by atoms with Crippen molar-refractivity contribution in [2.24, 2.45) is 0 Å². The van der Waals surface area contributed by atoms with Gasteiger partial charge in [-0.1, -0.05) is 0 Å². The van der Waals surface area contributed by atoms with Crippen molar-refractivity contribution in [3.05, 3.63) is 35.7 Å². The first-order valence-electron chi connectivity index (χ1n) is 11.6. The zero-order valence-electron chi connectivity index (χ0n) is 21.6. The number of pyridine rings is 2. The van der Waals surface area contributed by atoms with Crippen molar-refractivity contribution in [1.29, 1.82) is 0 Å². The average molecular weight is 464 g/mol. The third-order valence-corrected chi connectivity index (χ3v) is 8.79. The number of amides is 1. The molecule has 7 nitrogen and oxygen atoms in total. The van der Waals surface area contributed by atoms with Crippen LogP contribution >= 0.6 is 11.3 Å². The predicted molar refractivity (Wildman–Crippen MR) is 161 cm³/mol. The molecule has 1 fully saturated rings. The zero-order chi connectivity index (χ0) is 25.1. The van der Waals surface area contributed by atoms with Crippen LogP contribution in [0.2, 0.25) is 0 Å². The van der Waals surface area contributed by atoms with Gasteiger partial charge in [0.05, 0.1) is 22.1 Å². The molecule has 0 bridgehead atoms. The van der Waals surface area contributed by atoms with Crippen LogP contribution in [0.5, 0.6) is 0 Å². The third kappa shape index (κ3) is 4.29. The van der Waals surface area contributed by atoms with E-state index in [1.165, 1.54) is 0 Å². The molecule has 1 N–H and O–H groups in total. The Morgan fingerprint density at radius 3 is 2.15 bits per heavy atom. The van der Waals surface area contributed by atoms with E-state index in [4.69, 9.17) is 4.74 Å². The molecule has 0 radical (unpaired) electrons. The van der Waals surface area contributed by atoms with Crippen LogP contribution in [0, 0.1) is 6.92 Å². The number of aryl methyl sites for hydroxylation is 1. The Bertz CT molecular complexity index is 1240. The lowest BCUT2D eigenvalue weighted by Crippen LogP contribution is -2.86. The van der Waals surface area contributed by atoms with E-state index in [0.717, 1.165) is 26.4 Å². The first kappa shape index (κ1) is 25.2. The van der Waals surface area contributed by atoms with Crippen LogP contribution in [0.3, 0.4) is 0 Å². The van der Waals surface area contributed by atoms with E-state index in [-0.39, 0.29) is 23.1 Å². The van der Waals surface area contributed by atoms with E-state index in [9.17, 15) is 4.79 Å². The number of carbonyl (C=O) groups excluding carboxylic acids is 1. The quantitative estimate of drug-likeness (QED) is 0.388. The Balaban J connectivity index is 1.58. The molecule has 1 aliphatic rings. The molecule has 1 aliphatic heterocycles. The van der Waals surface area contributed by atoms with Crippen LogP contribution in [0.15, 0.2) is 30.7 Å². The van der Waals surface area contributed by atoms with Gasteiger partial charge in [-0.3, -0.25) is 9.78 Å². The third-order valence-electron chi connectivity index (χ3n) is 7.85. The van der Waals surface area contributed by atoms with Crippen molar-refractivity contribution in [2.75, 3.05) is 11.9 Å². The number of fused-ring (bicyclic) bond motifs is 1. The second-order valence-corrected chi connectivity index (χ2v) is 12.3. The van der Waals surface area contributed by atoms with E-state index in [0.29, 0.717) is 5.82 Å². The fraction of sp³-hybridized carbons (Fsp3) is 0.333. The minimum Gasteiger partial charge on any atom is -0.403 e. The lowest BCUT2D eigenvalue weighted by atomic mass is 9.30. The molecule has 34 heavy (non-hydrogen) atoms. The monoisotopic (exact) mass is 465 g/mol. The summed E-state index contributed by atoms with van der Waals surface area (Å²) >= 11 is 1.61. The van der Waals surface area contributed by atoms with Crippen LogP contribution < -0.4 is 5.32 Å². The minimum absolute atomic E-state index is 0.103. The molecule has 16 heteroatoms. The molecule has 166 valence electrons. The van der Waals surface area contributed by atoms with Gasteiger partial charge in [0, 0.05) is 34.8 Å². The minimum atomic E-state index is -0.439. The molecular weight excluding hydrogens is 437 g/mol. The maximum Gasteiger partial charge on any atom is 0.239 e. The largest absolute Gasteiger partial charge is 0.403 e. The summed E-state index contributed by atoms with van der Waals surface area (Å²) in [5.74, 6) is 0.423. The predicted octanol–water partition coefficient (Wildman–Crippen LogP) is -5.99. The van der Waals surface area contributed by atoms with Crippen molar-refractivity contribution in [3.8, 4) is 10.6 Å². The van der Waals surface area contributed by atoms with Gasteiger partial charge in [0.25, 0.3) is 0 Å². The number of nitrogens with zero attached hydrogens (tertiary/aromatic N) is 4. The van der Waals surface area contributed by atoms with Crippen LogP contribution in [-0.4, -0.2) is 117 Å². The van der Waals surface area contributed by atoms with Gasteiger partial charge in [-0.05, 0) is 35.1 Å². The first-order chi connectivity index (χ1) is 15.6. The highest BCUT2D eigenvalue weighted by Gasteiger charge is 2.58. The smallest absolute Gasteiger partial charge is 0.239 e. The molecule has 0 spiro atoms. The Hall–Kier alpha value is -1.90. The lowest BCUT2D eigenvalue weighted by Gasteiger charge is -2.68. The van der Waals surface area contributed by atoms with Gasteiger partial charge >= 0.3 is 0 Å².